The molecule has 0 amide bonds. The van der Waals surface area contributed by atoms with Gasteiger partial charge in [0.1, 0.15) is 15.6 Å². The summed E-state index contributed by atoms with van der Waals surface area (Å²) in [6, 6.07) is 0. The number of methoxy groups -OCH3 is 1. The Morgan fingerprint density at radius 3 is 2.84 bits per heavy atom. The third-order valence-corrected chi connectivity index (χ3v) is 4.49. The minimum Gasteiger partial charge on any atom is -0.492 e. The highest BCUT2D eigenvalue weighted by Crippen LogP contribution is 2.46. The van der Waals surface area contributed by atoms with Gasteiger partial charge in [0.2, 0.25) is 0 Å². The minimum atomic E-state index is -0.373. The van der Waals surface area contributed by atoms with Crippen molar-refractivity contribution in [3.05, 3.63) is 4.88 Å². The van der Waals surface area contributed by atoms with Gasteiger partial charge < -0.3 is 20.1 Å². The molecule has 0 aliphatic carbocycles. The monoisotopic (exact) mass is 284 g/mol. The van der Waals surface area contributed by atoms with Crippen LogP contribution in [0.15, 0.2) is 0 Å². The maximum absolute atomic E-state index is 11.9. The Morgan fingerprint density at radius 1 is 1.58 bits per heavy atom. The summed E-state index contributed by atoms with van der Waals surface area (Å²) in [7, 11) is 1.58. The highest BCUT2D eigenvalue weighted by molar-refractivity contribution is 7.19. The van der Waals surface area contributed by atoms with Gasteiger partial charge in [-0.1, -0.05) is 6.92 Å². The smallest absolute Gasteiger partial charge is 0.350 e. The molecule has 1 unspecified atom stereocenters. The quantitative estimate of drug-likeness (QED) is 0.860. The Kier molecular flexibility index (Phi) is 4.19. The molecule has 19 heavy (non-hydrogen) atoms. The van der Waals surface area contributed by atoms with Crippen LogP contribution in [0.5, 0.6) is 5.75 Å². The van der Waals surface area contributed by atoms with E-state index >= 15 is 0 Å². The van der Waals surface area contributed by atoms with E-state index < -0.39 is 0 Å². The Balaban J connectivity index is 2.33. The molecule has 5 nitrogen and oxygen atoms in total. The van der Waals surface area contributed by atoms with Gasteiger partial charge in [0.15, 0.2) is 5.75 Å². The molecule has 1 aliphatic heterocycles. The van der Waals surface area contributed by atoms with Gasteiger partial charge in [-0.25, -0.2) is 4.79 Å². The first kappa shape index (κ1) is 14.0. The second kappa shape index (κ2) is 5.69. The van der Waals surface area contributed by atoms with Crippen molar-refractivity contribution >= 4 is 28.0 Å². The van der Waals surface area contributed by atoms with Gasteiger partial charge in [-0.05, 0) is 19.3 Å². The molecule has 6 heteroatoms. The summed E-state index contributed by atoms with van der Waals surface area (Å²) in [5.41, 5.74) is 6.40. The molecule has 2 rings (SSSR count). The van der Waals surface area contributed by atoms with Gasteiger partial charge in [0, 0.05) is 13.1 Å². The number of carbonyl (C=O) groups is 1. The van der Waals surface area contributed by atoms with Crippen molar-refractivity contribution in [2.45, 2.75) is 20.3 Å². The number of ether oxygens (including phenoxy) is 2. The summed E-state index contributed by atoms with van der Waals surface area (Å²) >= 11 is 1.36. The highest BCUT2D eigenvalue weighted by atomic mass is 32.1. The van der Waals surface area contributed by atoms with E-state index in [1.54, 1.807) is 14.0 Å². The number of esters is 1. The summed E-state index contributed by atoms with van der Waals surface area (Å²) in [5, 5.41) is 0.937. The molecule has 0 radical (unpaired) electrons. The van der Waals surface area contributed by atoms with Gasteiger partial charge in [-0.15, -0.1) is 11.3 Å². The fourth-order valence-corrected chi connectivity index (χ4v) is 3.41. The lowest BCUT2D eigenvalue weighted by Gasteiger charge is -2.17. The van der Waals surface area contributed by atoms with Gasteiger partial charge >= 0.3 is 5.97 Å². The third-order valence-electron chi connectivity index (χ3n) is 3.26. The maximum atomic E-state index is 11.9. The van der Waals surface area contributed by atoms with E-state index in [-0.39, 0.29) is 5.97 Å². The van der Waals surface area contributed by atoms with E-state index in [4.69, 9.17) is 15.2 Å². The highest BCUT2D eigenvalue weighted by Gasteiger charge is 2.29. The van der Waals surface area contributed by atoms with Crippen LogP contribution < -0.4 is 15.4 Å². The first-order valence-corrected chi connectivity index (χ1v) is 7.28. The molecule has 1 aromatic rings. The average molecular weight is 284 g/mol. The normalized spacial score (nSPS) is 18.7. The van der Waals surface area contributed by atoms with E-state index in [1.807, 2.05) is 0 Å². The molecule has 0 bridgehead atoms. The molecular formula is C13H20N2O3S. The molecule has 0 spiro atoms. The van der Waals surface area contributed by atoms with Crippen LogP contribution in [-0.4, -0.2) is 32.8 Å². The first-order valence-electron chi connectivity index (χ1n) is 6.46. The maximum Gasteiger partial charge on any atom is 0.350 e. The molecule has 1 fully saturated rings. The molecule has 2 N–H and O–H groups in total. The summed E-state index contributed by atoms with van der Waals surface area (Å²) in [5.74, 6) is 0.878. The number of carbonyl (C=O) groups excluding carboxylic acids is 1. The Morgan fingerprint density at radius 2 is 2.32 bits per heavy atom. The fourth-order valence-electron chi connectivity index (χ4n) is 2.29. The molecule has 0 aromatic carbocycles. The van der Waals surface area contributed by atoms with E-state index in [9.17, 15) is 4.79 Å². The molecular weight excluding hydrogens is 264 g/mol. The predicted octanol–water partition coefficient (Wildman–Crippen LogP) is 2.36. The zero-order valence-electron chi connectivity index (χ0n) is 11.6. The summed E-state index contributed by atoms with van der Waals surface area (Å²) in [6.07, 6.45) is 1.15. The summed E-state index contributed by atoms with van der Waals surface area (Å²) in [4.78, 5) is 14.5. The number of hydrogen-bond donors (Lipinski definition) is 1. The standard InChI is InChI=1S/C13H20N2O3S/c1-4-18-13(16)11-9(14)10(17-3)12(19-11)15-6-5-8(2)7-15/h8H,4-7,14H2,1-3H3. The molecule has 1 aliphatic rings. The second-order valence-corrected chi connectivity index (χ2v) is 5.74. The third kappa shape index (κ3) is 2.63. The summed E-state index contributed by atoms with van der Waals surface area (Å²) < 4.78 is 10.4. The Labute approximate surface area is 117 Å². The van der Waals surface area contributed by atoms with Crippen LogP contribution in [0.4, 0.5) is 10.7 Å². The van der Waals surface area contributed by atoms with Crippen LogP contribution in [-0.2, 0) is 4.74 Å². The molecule has 1 atom stereocenters. The SMILES string of the molecule is CCOC(=O)c1sc(N2CCC(C)C2)c(OC)c1N. The van der Waals surface area contributed by atoms with Crippen molar-refractivity contribution in [3.63, 3.8) is 0 Å². The van der Waals surface area contributed by atoms with Crippen LogP contribution in [0, 0.1) is 5.92 Å². The average Bonchev–Trinajstić information content (AvgIpc) is 2.93. The van der Waals surface area contributed by atoms with E-state index in [1.165, 1.54) is 11.3 Å². The first-order chi connectivity index (χ1) is 9.08. The van der Waals surface area contributed by atoms with Gasteiger partial charge in [0.25, 0.3) is 0 Å². The van der Waals surface area contributed by atoms with E-state index in [2.05, 4.69) is 11.8 Å². The topological polar surface area (TPSA) is 64.8 Å². The van der Waals surface area contributed by atoms with Crippen LogP contribution in [0.2, 0.25) is 0 Å². The van der Waals surface area contributed by atoms with Crippen LogP contribution in [0.1, 0.15) is 29.9 Å². The lowest BCUT2D eigenvalue weighted by Crippen LogP contribution is -2.18. The number of rotatable bonds is 4. The largest absolute Gasteiger partial charge is 0.492 e. The zero-order chi connectivity index (χ0) is 14.0. The number of thiophene rings is 1. The number of nitrogens with two attached hydrogens (primary N) is 1. The van der Waals surface area contributed by atoms with E-state index in [0.29, 0.717) is 28.8 Å². The van der Waals surface area contributed by atoms with Crippen LogP contribution in [0.25, 0.3) is 0 Å². The van der Waals surface area contributed by atoms with Crippen LogP contribution >= 0.6 is 11.3 Å². The fraction of sp³-hybridized carbons (Fsp3) is 0.615. The lowest BCUT2D eigenvalue weighted by molar-refractivity contribution is 0.0533. The lowest BCUT2D eigenvalue weighted by atomic mass is 10.2. The predicted molar refractivity (Wildman–Crippen MR) is 77.2 cm³/mol. The van der Waals surface area contributed by atoms with Crippen LogP contribution in [0.3, 0.4) is 0 Å². The number of nitrogens with zero attached hydrogens (tertiary/aromatic N) is 1. The molecule has 106 valence electrons. The molecule has 0 saturated carbocycles. The minimum absolute atomic E-state index is 0.342. The molecule has 1 aromatic heterocycles. The van der Waals surface area contributed by atoms with Gasteiger partial charge in [-0.3, -0.25) is 0 Å². The van der Waals surface area contributed by atoms with Crippen molar-refractivity contribution in [2.75, 3.05) is 37.4 Å². The second-order valence-electron chi connectivity index (χ2n) is 4.74. The molecule has 1 saturated heterocycles. The number of anilines is 2. The van der Waals surface area contributed by atoms with Crippen molar-refractivity contribution in [1.29, 1.82) is 0 Å². The van der Waals surface area contributed by atoms with Crippen molar-refractivity contribution in [2.24, 2.45) is 5.92 Å². The van der Waals surface area contributed by atoms with Gasteiger partial charge in [0.05, 0.1) is 13.7 Å². The Hall–Kier alpha value is -1.43. The Bertz CT molecular complexity index is 473. The van der Waals surface area contributed by atoms with E-state index in [0.717, 1.165) is 24.5 Å². The number of hydrogen-bond acceptors (Lipinski definition) is 6. The number of nitrogen functional groups attached to an aromatic ring is 1. The van der Waals surface area contributed by atoms with Gasteiger partial charge in [-0.2, -0.15) is 0 Å². The van der Waals surface area contributed by atoms with Crippen molar-refractivity contribution in [1.82, 2.24) is 0 Å². The van der Waals surface area contributed by atoms with Crippen molar-refractivity contribution in [3.8, 4) is 5.75 Å². The molecule has 2 heterocycles. The zero-order valence-corrected chi connectivity index (χ0v) is 12.4. The van der Waals surface area contributed by atoms with Crippen molar-refractivity contribution < 1.29 is 14.3 Å². The summed E-state index contributed by atoms with van der Waals surface area (Å²) in [6.45, 7) is 6.28.